The minimum atomic E-state index is -4.54. The molecule has 1 unspecified atom stereocenters. The number of halogens is 3. The third-order valence-corrected chi connectivity index (χ3v) is 7.49. The minimum Gasteiger partial charge on any atom is -0.340 e. The van der Waals surface area contributed by atoms with E-state index in [2.05, 4.69) is 0 Å². The first-order valence-electron chi connectivity index (χ1n) is 10.8. The lowest BCUT2D eigenvalue weighted by Gasteiger charge is -2.31. The molecule has 1 heterocycles. The molecule has 2 aromatic carbocycles. The maximum atomic E-state index is 13.3. The molecule has 2 aromatic rings. The molecule has 0 saturated carbocycles. The van der Waals surface area contributed by atoms with Gasteiger partial charge in [-0.15, -0.1) is 0 Å². The highest BCUT2D eigenvalue weighted by atomic mass is 32.2. The van der Waals surface area contributed by atoms with Crippen molar-refractivity contribution in [3.05, 3.63) is 70.8 Å². The fourth-order valence-electron chi connectivity index (χ4n) is 3.93. The average molecular weight is 498 g/mol. The van der Waals surface area contributed by atoms with E-state index in [-0.39, 0.29) is 42.5 Å². The summed E-state index contributed by atoms with van der Waals surface area (Å²) < 4.78 is 63.3. The Balaban J connectivity index is 1.76. The van der Waals surface area contributed by atoms with Gasteiger partial charge in [0.25, 0.3) is 5.91 Å². The van der Waals surface area contributed by atoms with Crippen LogP contribution in [-0.4, -0.2) is 49.7 Å². The second-order valence-electron chi connectivity index (χ2n) is 8.22. The van der Waals surface area contributed by atoms with Crippen LogP contribution in [0.25, 0.3) is 0 Å². The van der Waals surface area contributed by atoms with E-state index in [0.717, 1.165) is 17.7 Å². The number of nitrogen functional groups attached to an aromatic ring is 1. The SMILES string of the molecule is NNC(=O)c1ccc(CCCC(C(=O)N2CCS(=O)(=O)CC2)c2cccc(C(F)(F)F)c2)cc1. The van der Waals surface area contributed by atoms with E-state index >= 15 is 0 Å². The summed E-state index contributed by atoms with van der Waals surface area (Å²) in [4.78, 5) is 26.2. The van der Waals surface area contributed by atoms with Crippen molar-refractivity contribution in [3.63, 3.8) is 0 Å². The summed E-state index contributed by atoms with van der Waals surface area (Å²) in [5, 5.41) is 0. The van der Waals surface area contributed by atoms with Crippen LogP contribution in [0.2, 0.25) is 0 Å². The van der Waals surface area contributed by atoms with Gasteiger partial charge in [-0.05, 0) is 48.6 Å². The molecular formula is C23H26F3N3O4S. The second-order valence-corrected chi connectivity index (χ2v) is 10.5. The van der Waals surface area contributed by atoms with E-state index in [1.807, 2.05) is 5.43 Å². The first kappa shape index (κ1) is 25.7. The van der Waals surface area contributed by atoms with E-state index in [1.54, 1.807) is 24.3 Å². The van der Waals surface area contributed by atoms with Gasteiger partial charge in [0.05, 0.1) is 23.0 Å². The molecule has 0 radical (unpaired) electrons. The van der Waals surface area contributed by atoms with Crippen molar-refractivity contribution < 1.29 is 31.2 Å². The average Bonchev–Trinajstić information content (AvgIpc) is 2.81. The maximum absolute atomic E-state index is 13.3. The van der Waals surface area contributed by atoms with Gasteiger partial charge in [0.1, 0.15) is 0 Å². The summed E-state index contributed by atoms with van der Waals surface area (Å²) in [6, 6.07) is 11.4. The smallest absolute Gasteiger partial charge is 0.340 e. The highest BCUT2D eigenvalue weighted by Gasteiger charge is 2.34. The van der Waals surface area contributed by atoms with Gasteiger partial charge in [0.2, 0.25) is 5.91 Å². The topological polar surface area (TPSA) is 110 Å². The van der Waals surface area contributed by atoms with Gasteiger partial charge in [-0.2, -0.15) is 13.2 Å². The van der Waals surface area contributed by atoms with Crippen molar-refractivity contribution >= 4 is 21.7 Å². The molecule has 1 fully saturated rings. The Kier molecular flexibility index (Phi) is 7.98. The van der Waals surface area contributed by atoms with E-state index in [1.165, 1.54) is 17.0 Å². The number of hydrazine groups is 1. The monoisotopic (exact) mass is 497 g/mol. The summed E-state index contributed by atoms with van der Waals surface area (Å²) in [6.07, 6.45) is -3.21. The van der Waals surface area contributed by atoms with E-state index in [9.17, 15) is 31.2 Å². The zero-order valence-electron chi connectivity index (χ0n) is 18.3. The predicted octanol–water partition coefficient (Wildman–Crippen LogP) is 2.67. The van der Waals surface area contributed by atoms with Crippen LogP contribution in [0.4, 0.5) is 13.2 Å². The van der Waals surface area contributed by atoms with E-state index < -0.39 is 33.4 Å². The summed E-state index contributed by atoms with van der Waals surface area (Å²) >= 11 is 0. The maximum Gasteiger partial charge on any atom is 0.416 e. The van der Waals surface area contributed by atoms with Crippen LogP contribution in [0.3, 0.4) is 0 Å². The number of benzene rings is 2. The number of nitrogens with one attached hydrogen (secondary N) is 1. The molecule has 3 rings (SSSR count). The molecule has 1 atom stereocenters. The predicted molar refractivity (Wildman–Crippen MR) is 120 cm³/mol. The fourth-order valence-corrected chi connectivity index (χ4v) is 5.14. The first-order valence-corrected chi connectivity index (χ1v) is 12.6. The molecule has 184 valence electrons. The Morgan fingerprint density at radius 3 is 2.29 bits per heavy atom. The van der Waals surface area contributed by atoms with E-state index in [0.29, 0.717) is 18.4 Å². The third-order valence-electron chi connectivity index (χ3n) is 5.88. The molecule has 2 amide bonds. The number of rotatable bonds is 7. The molecule has 34 heavy (non-hydrogen) atoms. The first-order chi connectivity index (χ1) is 16.0. The van der Waals surface area contributed by atoms with Crippen LogP contribution in [0.15, 0.2) is 48.5 Å². The third kappa shape index (κ3) is 6.57. The normalized spacial score (nSPS) is 16.6. The molecular weight excluding hydrogens is 471 g/mol. The van der Waals surface area contributed by atoms with Gasteiger partial charge in [0.15, 0.2) is 9.84 Å². The van der Waals surface area contributed by atoms with Crippen molar-refractivity contribution in [2.75, 3.05) is 24.6 Å². The molecule has 1 aliphatic rings. The Hall–Kier alpha value is -2.92. The standard InChI is InChI=1S/C23H26F3N3O4S/c24-23(25,26)19-5-2-4-18(15-19)20(22(31)29-11-13-34(32,33)14-12-29)6-1-3-16-7-9-17(10-8-16)21(30)28-27/h2,4-5,7-10,15,20H,1,3,6,11-14,27H2,(H,28,30). The van der Waals surface area contributed by atoms with Gasteiger partial charge in [-0.1, -0.05) is 30.3 Å². The fraction of sp³-hybridized carbons (Fsp3) is 0.391. The molecule has 3 N–H and O–H groups in total. The highest BCUT2D eigenvalue weighted by Crippen LogP contribution is 2.33. The molecule has 1 aliphatic heterocycles. The van der Waals surface area contributed by atoms with Crippen LogP contribution in [0.1, 0.15) is 45.8 Å². The van der Waals surface area contributed by atoms with Gasteiger partial charge < -0.3 is 4.90 Å². The molecule has 0 bridgehead atoms. The molecule has 1 saturated heterocycles. The second kappa shape index (κ2) is 10.6. The molecule has 11 heteroatoms. The summed E-state index contributed by atoms with van der Waals surface area (Å²) in [5.74, 6) is 3.18. The molecule has 0 aliphatic carbocycles. The quantitative estimate of drug-likeness (QED) is 0.347. The van der Waals surface area contributed by atoms with Crippen molar-refractivity contribution in [1.29, 1.82) is 0 Å². The van der Waals surface area contributed by atoms with Crippen LogP contribution < -0.4 is 11.3 Å². The summed E-state index contributed by atoms with van der Waals surface area (Å²) in [6.45, 7) is 0.0581. The Labute approximate surface area is 196 Å². The highest BCUT2D eigenvalue weighted by molar-refractivity contribution is 7.91. The van der Waals surface area contributed by atoms with Crippen molar-refractivity contribution in [2.45, 2.75) is 31.4 Å². The largest absolute Gasteiger partial charge is 0.416 e. The van der Waals surface area contributed by atoms with Crippen molar-refractivity contribution in [1.82, 2.24) is 10.3 Å². The Morgan fingerprint density at radius 2 is 1.71 bits per heavy atom. The number of aryl methyl sites for hydroxylation is 1. The number of carbonyl (C=O) groups excluding carboxylic acids is 2. The summed E-state index contributed by atoms with van der Waals surface area (Å²) in [5.41, 5.74) is 2.75. The number of sulfone groups is 1. The van der Waals surface area contributed by atoms with Crippen LogP contribution in [-0.2, 0) is 27.2 Å². The van der Waals surface area contributed by atoms with E-state index in [4.69, 9.17) is 5.84 Å². The number of nitrogens with zero attached hydrogens (tertiary/aromatic N) is 1. The zero-order valence-corrected chi connectivity index (χ0v) is 19.2. The number of carbonyl (C=O) groups is 2. The van der Waals surface area contributed by atoms with Gasteiger partial charge in [0, 0.05) is 18.7 Å². The molecule has 0 aromatic heterocycles. The van der Waals surface area contributed by atoms with Crippen LogP contribution in [0.5, 0.6) is 0 Å². The lowest BCUT2D eigenvalue weighted by molar-refractivity contribution is -0.138. The van der Waals surface area contributed by atoms with Crippen molar-refractivity contribution in [3.8, 4) is 0 Å². The minimum absolute atomic E-state index is 0.0291. The molecule has 0 spiro atoms. The zero-order chi connectivity index (χ0) is 24.9. The number of amides is 2. The Bertz CT molecular complexity index is 1120. The van der Waals surface area contributed by atoms with Gasteiger partial charge >= 0.3 is 6.18 Å². The number of nitrogens with two attached hydrogens (primary N) is 1. The Morgan fingerprint density at radius 1 is 1.06 bits per heavy atom. The van der Waals surface area contributed by atoms with Crippen LogP contribution >= 0.6 is 0 Å². The number of alkyl halides is 3. The summed E-state index contributed by atoms with van der Waals surface area (Å²) in [7, 11) is -3.21. The van der Waals surface area contributed by atoms with Crippen molar-refractivity contribution in [2.24, 2.45) is 5.84 Å². The van der Waals surface area contributed by atoms with Crippen LogP contribution in [0, 0.1) is 0 Å². The molecule has 7 nitrogen and oxygen atoms in total. The lowest BCUT2D eigenvalue weighted by atomic mass is 9.90. The number of hydrogen-bond acceptors (Lipinski definition) is 5. The van der Waals surface area contributed by atoms with Gasteiger partial charge in [-0.3, -0.25) is 15.0 Å². The lowest BCUT2D eigenvalue weighted by Crippen LogP contribution is -2.45. The van der Waals surface area contributed by atoms with Gasteiger partial charge in [-0.25, -0.2) is 14.3 Å². The number of hydrogen-bond donors (Lipinski definition) is 2.